The molecule has 0 saturated heterocycles. The molecule has 0 aliphatic heterocycles. The van der Waals surface area contributed by atoms with Gasteiger partial charge >= 0.3 is 5.97 Å². The summed E-state index contributed by atoms with van der Waals surface area (Å²) in [6.45, 7) is 2.00. The maximum atomic E-state index is 13.8. The van der Waals surface area contributed by atoms with Crippen LogP contribution in [0.5, 0.6) is 0 Å². The lowest BCUT2D eigenvalue weighted by Crippen LogP contribution is -2.30. The molecule has 0 aliphatic carbocycles. The number of hydrogen-bond acceptors (Lipinski definition) is 2. The van der Waals surface area contributed by atoms with E-state index in [0.29, 0.717) is 12.1 Å². The van der Waals surface area contributed by atoms with Gasteiger partial charge in [-0.05, 0) is 36.2 Å². The number of carbonyl (C=O) groups is 2. The summed E-state index contributed by atoms with van der Waals surface area (Å²) in [5.74, 6) is -2.17. The van der Waals surface area contributed by atoms with Crippen LogP contribution in [-0.2, 0) is 11.3 Å². The highest BCUT2D eigenvalue weighted by Crippen LogP contribution is 2.21. The first-order valence-corrected chi connectivity index (χ1v) is 7.21. The maximum Gasteiger partial charge on any atom is 0.335 e. The Hall–Kier alpha value is -2.69. The Morgan fingerprint density at radius 1 is 1.13 bits per heavy atom. The molecule has 1 N–H and O–H groups in total. The minimum Gasteiger partial charge on any atom is -0.478 e. The predicted molar refractivity (Wildman–Crippen MR) is 84.7 cm³/mol. The molecule has 0 unspecified atom stereocenters. The molecule has 4 nitrogen and oxygen atoms in total. The summed E-state index contributed by atoms with van der Waals surface area (Å²) in [4.78, 5) is 24.8. The van der Waals surface area contributed by atoms with Gasteiger partial charge in [0.1, 0.15) is 5.82 Å². The Bertz CT molecular complexity index is 712. The predicted octanol–water partition coefficient (Wildman–Crippen LogP) is 3.29. The average molecular weight is 315 g/mol. The Balaban J connectivity index is 2.07. The molecule has 120 valence electrons. The molecule has 0 spiro atoms. The smallest absolute Gasteiger partial charge is 0.335 e. The van der Waals surface area contributed by atoms with Crippen LogP contribution >= 0.6 is 0 Å². The van der Waals surface area contributed by atoms with Gasteiger partial charge in [0, 0.05) is 13.6 Å². The van der Waals surface area contributed by atoms with Crippen LogP contribution in [0.15, 0.2) is 48.5 Å². The van der Waals surface area contributed by atoms with E-state index in [1.165, 1.54) is 23.1 Å². The topological polar surface area (TPSA) is 57.6 Å². The third kappa shape index (κ3) is 3.94. The van der Waals surface area contributed by atoms with Gasteiger partial charge in [-0.15, -0.1) is 0 Å². The van der Waals surface area contributed by atoms with Crippen LogP contribution in [0.25, 0.3) is 0 Å². The molecule has 1 atom stereocenters. The highest BCUT2D eigenvalue weighted by Gasteiger charge is 2.21. The molecular formula is C18H18FNO3. The second kappa shape index (κ2) is 7.05. The van der Waals surface area contributed by atoms with Gasteiger partial charge in [0.05, 0.1) is 11.5 Å². The molecule has 5 heteroatoms. The Morgan fingerprint density at radius 3 is 2.30 bits per heavy atom. The molecule has 0 aliphatic rings. The highest BCUT2D eigenvalue weighted by molar-refractivity contribution is 5.87. The van der Waals surface area contributed by atoms with Crippen molar-refractivity contribution < 1.29 is 19.1 Å². The first-order chi connectivity index (χ1) is 10.9. The van der Waals surface area contributed by atoms with Gasteiger partial charge < -0.3 is 10.0 Å². The van der Waals surface area contributed by atoms with Crippen molar-refractivity contribution in [1.29, 1.82) is 0 Å². The van der Waals surface area contributed by atoms with E-state index in [2.05, 4.69) is 0 Å². The lowest BCUT2D eigenvalue weighted by molar-refractivity contribution is -0.131. The van der Waals surface area contributed by atoms with Crippen molar-refractivity contribution in [3.8, 4) is 0 Å². The Labute approximate surface area is 134 Å². The number of aromatic carboxylic acids is 1. The number of likely N-dealkylation sites (N-methyl/N-ethyl adjacent to an activating group) is 1. The van der Waals surface area contributed by atoms with Gasteiger partial charge in [0.2, 0.25) is 5.91 Å². The van der Waals surface area contributed by atoms with E-state index in [0.717, 1.165) is 5.56 Å². The van der Waals surface area contributed by atoms with Crippen LogP contribution in [0, 0.1) is 5.82 Å². The Kier molecular flexibility index (Phi) is 5.11. The second-order valence-corrected chi connectivity index (χ2v) is 5.44. The van der Waals surface area contributed by atoms with E-state index in [1.807, 2.05) is 0 Å². The molecule has 0 saturated carbocycles. The third-order valence-electron chi connectivity index (χ3n) is 3.74. The van der Waals surface area contributed by atoms with Gasteiger partial charge in [-0.1, -0.05) is 30.3 Å². The fourth-order valence-electron chi connectivity index (χ4n) is 2.39. The normalized spacial score (nSPS) is 11.8. The van der Waals surface area contributed by atoms with Crippen molar-refractivity contribution in [2.24, 2.45) is 0 Å². The van der Waals surface area contributed by atoms with Crippen molar-refractivity contribution in [1.82, 2.24) is 4.90 Å². The number of hydrogen-bond donors (Lipinski definition) is 1. The molecule has 0 heterocycles. The lowest BCUT2D eigenvalue weighted by atomic mass is 9.99. The van der Waals surface area contributed by atoms with Crippen molar-refractivity contribution in [2.75, 3.05) is 7.05 Å². The van der Waals surface area contributed by atoms with Gasteiger partial charge in [-0.3, -0.25) is 4.79 Å². The second-order valence-electron chi connectivity index (χ2n) is 5.44. The number of carboxylic acids is 1. The van der Waals surface area contributed by atoms with Gasteiger partial charge in [-0.2, -0.15) is 0 Å². The standard InChI is InChI=1S/C18H18FNO3/c1-12(15-5-3-4-6-16(15)19)17(21)20(2)11-13-7-9-14(10-8-13)18(22)23/h3-10,12H,11H2,1-2H3,(H,22,23)/t12-/m1/s1. The van der Waals surface area contributed by atoms with E-state index in [9.17, 15) is 14.0 Å². The molecule has 0 bridgehead atoms. The molecule has 1 amide bonds. The number of benzene rings is 2. The zero-order chi connectivity index (χ0) is 17.0. The minimum absolute atomic E-state index is 0.197. The summed E-state index contributed by atoms with van der Waals surface area (Å²) in [5, 5.41) is 8.87. The van der Waals surface area contributed by atoms with Crippen LogP contribution < -0.4 is 0 Å². The summed E-state index contributed by atoms with van der Waals surface area (Å²) >= 11 is 0. The first-order valence-electron chi connectivity index (χ1n) is 7.21. The number of carbonyl (C=O) groups excluding carboxylic acids is 1. The van der Waals surface area contributed by atoms with Gasteiger partial charge in [-0.25, -0.2) is 9.18 Å². The van der Waals surface area contributed by atoms with Crippen LogP contribution in [-0.4, -0.2) is 28.9 Å². The minimum atomic E-state index is -0.992. The van der Waals surface area contributed by atoms with E-state index in [4.69, 9.17) is 5.11 Å². The average Bonchev–Trinajstić information content (AvgIpc) is 2.54. The molecule has 2 rings (SSSR count). The van der Waals surface area contributed by atoms with Crippen LogP contribution in [0.1, 0.15) is 34.3 Å². The third-order valence-corrected chi connectivity index (χ3v) is 3.74. The number of halogens is 1. The van der Waals surface area contributed by atoms with Crippen LogP contribution in [0.2, 0.25) is 0 Å². The van der Waals surface area contributed by atoms with Gasteiger partial charge in [0.25, 0.3) is 0 Å². The van der Waals surface area contributed by atoms with Crippen molar-refractivity contribution in [3.05, 3.63) is 71.0 Å². The molecule has 2 aromatic carbocycles. The van der Waals surface area contributed by atoms with Gasteiger partial charge in [0.15, 0.2) is 0 Å². The zero-order valence-corrected chi connectivity index (χ0v) is 13.0. The zero-order valence-electron chi connectivity index (χ0n) is 13.0. The van der Waals surface area contributed by atoms with E-state index in [-0.39, 0.29) is 11.5 Å². The fraction of sp³-hybridized carbons (Fsp3) is 0.222. The van der Waals surface area contributed by atoms with E-state index in [1.54, 1.807) is 44.3 Å². The molecule has 0 fully saturated rings. The molecule has 2 aromatic rings. The number of carboxylic acid groups (broad SMARTS) is 1. The van der Waals surface area contributed by atoms with E-state index >= 15 is 0 Å². The maximum absolute atomic E-state index is 13.8. The van der Waals surface area contributed by atoms with Crippen molar-refractivity contribution >= 4 is 11.9 Å². The quantitative estimate of drug-likeness (QED) is 0.921. The molecule has 0 aromatic heterocycles. The molecule has 23 heavy (non-hydrogen) atoms. The van der Waals surface area contributed by atoms with Crippen molar-refractivity contribution in [3.63, 3.8) is 0 Å². The monoisotopic (exact) mass is 315 g/mol. The summed E-state index contributed by atoms with van der Waals surface area (Å²) in [7, 11) is 1.64. The highest BCUT2D eigenvalue weighted by atomic mass is 19.1. The van der Waals surface area contributed by atoms with Crippen LogP contribution in [0.4, 0.5) is 4.39 Å². The first kappa shape index (κ1) is 16.7. The lowest BCUT2D eigenvalue weighted by Gasteiger charge is -2.22. The number of nitrogens with zero attached hydrogens (tertiary/aromatic N) is 1. The van der Waals surface area contributed by atoms with E-state index < -0.39 is 17.7 Å². The SMILES string of the molecule is C[C@@H](C(=O)N(C)Cc1ccc(C(=O)O)cc1)c1ccccc1F. The Morgan fingerprint density at radius 2 is 1.74 bits per heavy atom. The number of amides is 1. The largest absolute Gasteiger partial charge is 0.478 e. The number of rotatable bonds is 5. The fourth-order valence-corrected chi connectivity index (χ4v) is 2.39. The molecule has 0 radical (unpaired) electrons. The molecular weight excluding hydrogens is 297 g/mol. The summed E-state index contributed by atoms with van der Waals surface area (Å²) < 4.78 is 13.8. The summed E-state index contributed by atoms with van der Waals surface area (Å²) in [6, 6.07) is 12.6. The summed E-state index contributed by atoms with van der Waals surface area (Å²) in [6.07, 6.45) is 0. The van der Waals surface area contributed by atoms with Crippen molar-refractivity contribution in [2.45, 2.75) is 19.4 Å². The summed E-state index contributed by atoms with van der Waals surface area (Å²) in [5.41, 5.74) is 1.37. The van der Waals surface area contributed by atoms with Crippen LogP contribution in [0.3, 0.4) is 0 Å².